The zero-order chi connectivity index (χ0) is 23.0. The zero-order valence-electron chi connectivity index (χ0n) is 19.6. The molecule has 7 nitrogen and oxygen atoms in total. The first-order chi connectivity index (χ1) is 16.2. The van der Waals surface area contributed by atoms with Gasteiger partial charge in [-0.2, -0.15) is 0 Å². The Balaban J connectivity index is 1.49. The van der Waals surface area contributed by atoms with Crippen molar-refractivity contribution < 1.29 is 14.2 Å². The van der Waals surface area contributed by atoms with Crippen LogP contribution in [0, 0.1) is 0 Å². The number of hydrogen-bond acceptors (Lipinski definition) is 7. The van der Waals surface area contributed by atoms with Crippen molar-refractivity contribution in [3.05, 3.63) is 54.4 Å². The van der Waals surface area contributed by atoms with E-state index in [0.717, 1.165) is 52.8 Å². The van der Waals surface area contributed by atoms with Gasteiger partial charge in [-0.25, -0.2) is 0 Å². The third-order valence-corrected chi connectivity index (χ3v) is 6.84. The van der Waals surface area contributed by atoms with Gasteiger partial charge in [0.05, 0.1) is 26.9 Å². The predicted octanol–water partition coefficient (Wildman–Crippen LogP) is 5.00. The molecule has 1 aliphatic heterocycles. The van der Waals surface area contributed by atoms with E-state index in [4.69, 9.17) is 14.2 Å². The van der Waals surface area contributed by atoms with Gasteiger partial charge in [-0.3, -0.25) is 9.47 Å². The van der Waals surface area contributed by atoms with Crippen LogP contribution in [-0.2, 0) is 0 Å². The minimum atomic E-state index is 0.199. The van der Waals surface area contributed by atoms with Crippen LogP contribution in [0.4, 0.5) is 0 Å². The van der Waals surface area contributed by atoms with E-state index in [1.807, 2.05) is 36.4 Å². The average Bonchev–Trinajstić information content (AvgIpc) is 3.31. The lowest BCUT2D eigenvalue weighted by molar-refractivity contribution is 0.167. The number of piperidine rings is 1. The summed E-state index contributed by atoms with van der Waals surface area (Å²) in [5.74, 6) is 4.21. The molecule has 33 heavy (non-hydrogen) atoms. The predicted molar refractivity (Wildman–Crippen MR) is 131 cm³/mol. The summed E-state index contributed by atoms with van der Waals surface area (Å²) in [5.41, 5.74) is 1.04. The highest BCUT2D eigenvalue weighted by Crippen LogP contribution is 2.30. The molecule has 176 valence electrons. The molecule has 0 saturated carbocycles. The Labute approximate surface area is 200 Å². The summed E-state index contributed by atoms with van der Waals surface area (Å²) in [4.78, 5) is 2.51. The van der Waals surface area contributed by atoms with E-state index in [-0.39, 0.29) is 6.04 Å². The molecule has 4 rings (SSSR count). The zero-order valence-corrected chi connectivity index (χ0v) is 20.4. The summed E-state index contributed by atoms with van der Waals surface area (Å²) in [5, 5.41) is 10.1. The molecule has 0 N–H and O–H groups in total. The summed E-state index contributed by atoms with van der Waals surface area (Å²) >= 11 is 1.65. The molecular formula is C25H32N4O3S. The molecular weight excluding hydrogens is 436 g/mol. The second-order valence-electron chi connectivity index (χ2n) is 8.02. The molecule has 0 amide bonds. The lowest BCUT2D eigenvalue weighted by atomic mass is 10.1. The molecule has 0 aliphatic carbocycles. The van der Waals surface area contributed by atoms with Gasteiger partial charge in [-0.15, -0.1) is 10.2 Å². The third-order valence-electron chi connectivity index (χ3n) is 5.94. The Morgan fingerprint density at radius 3 is 2.09 bits per heavy atom. The van der Waals surface area contributed by atoms with Crippen molar-refractivity contribution in [2.45, 2.75) is 37.4 Å². The van der Waals surface area contributed by atoms with Gasteiger partial charge in [0.1, 0.15) is 17.2 Å². The minimum absolute atomic E-state index is 0.199. The number of ether oxygens (including phenoxy) is 3. The summed E-state index contributed by atoms with van der Waals surface area (Å²) in [6.07, 6.45) is 3.79. The Hall–Kier alpha value is -2.71. The van der Waals surface area contributed by atoms with E-state index in [9.17, 15) is 0 Å². The van der Waals surface area contributed by atoms with Crippen LogP contribution >= 0.6 is 11.8 Å². The molecule has 1 saturated heterocycles. The Bertz CT molecular complexity index is 1000. The quantitative estimate of drug-likeness (QED) is 0.306. The number of methoxy groups -OCH3 is 2. The Morgan fingerprint density at radius 1 is 0.848 bits per heavy atom. The first-order valence-electron chi connectivity index (χ1n) is 11.4. The van der Waals surface area contributed by atoms with Crippen LogP contribution in [0.15, 0.2) is 53.7 Å². The van der Waals surface area contributed by atoms with E-state index >= 15 is 0 Å². The lowest BCUT2D eigenvalue weighted by Crippen LogP contribution is -2.33. The van der Waals surface area contributed by atoms with E-state index in [2.05, 4.69) is 38.7 Å². The average molecular weight is 469 g/mol. The molecule has 0 bridgehead atoms. The number of likely N-dealkylation sites (tertiary alicyclic amines) is 1. The number of benzene rings is 2. The maximum absolute atomic E-state index is 5.89. The van der Waals surface area contributed by atoms with E-state index in [1.165, 1.54) is 19.3 Å². The highest BCUT2D eigenvalue weighted by Gasteiger charge is 2.25. The first-order valence-corrected chi connectivity index (χ1v) is 12.4. The minimum Gasteiger partial charge on any atom is -0.497 e. The van der Waals surface area contributed by atoms with Gasteiger partial charge >= 0.3 is 0 Å². The topological polar surface area (TPSA) is 61.6 Å². The molecule has 3 aromatic rings. The fraction of sp³-hybridized carbons (Fsp3) is 0.440. The largest absolute Gasteiger partial charge is 0.497 e. The van der Waals surface area contributed by atoms with Crippen molar-refractivity contribution in [3.63, 3.8) is 0 Å². The molecule has 0 radical (unpaired) electrons. The first kappa shape index (κ1) is 23.4. The second kappa shape index (κ2) is 11.4. The molecule has 8 heteroatoms. The van der Waals surface area contributed by atoms with Crippen LogP contribution in [0.1, 0.15) is 38.1 Å². The van der Waals surface area contributed by atoms with Gasteiger partial charge in [0.25, 0.3) is 0 Å². The standard InChI is InChI=1S/C25H32N4O3S/c1-19(28-15-5-4-6-16-28)24-26-27-25(29(24)20-7-9-21(30-2)10-8-20)33-18-17-32-23-13-11-22(31-3)12-14-23/h7-14,19H,4-6,15-18H2,1-3H3/t19-/m1/s1. The van der Waals surface area contributed by atoms with Crippen LogP contribution in [0.5, 0.6) is 17.2 Å². The van der Waals surface area contributed by atoms with Crippen molar-refractivity contribution in [3.8, 4) is 22.9 Å². The number of hydrogen-bond donors (Lipinski definition) is 0. The molecule has 1 atom stereocenters. The lowest BCUT2D eigenvalue weighted by Gasteiger charge is -2.31. The molecule has 0 unspecified atom stereocenters. The van der Waals surface area contributed by atoms with Gasteiger partial charge in [0.2, 0.25) is 0 Å². The number of rotatable bonds is 10. The van der Waals surface area contributed by atoms with Crippen molar-refractivity contribution in [2.75, 3.05) is 39.7 Å². The van der Waals surface area contributed by atoms with E-state index < -0.39 is 0 Å². The molecule has 1 aliphatic rings. The summed E-state index contributed by atoms with van der Waals surface area (Å²) in [6, 6.07) is 15.9. The van der Waals surface area contributed by atoms with Crippen LogP contribution in [0.25, 0.3) is 5.69 Å². The van der Waals surface area contributed by atoms with Crippen LogP contribution in [0.2, 0.25) is 0 Å². The monoisotopic (exact) mass is 468 g/mol. The highest BCUT2D eigenvalue weighted by molar-refractivity contribution is 7.99. The van der Waals surface area contributed by atoms with Crippen LogP contribution < -0.4 is 14.2 Å². The van der Waals surface area contributed by atoms with Gasteiger partial charge in [-0.1, -0.05) is 18.2 Å². The van der Waals surface area contributed by atoms with Crippen molar-refractivity contribution in [1.29, 1.82) is 0 Å². The normalized spacial score (nSPS) is 15.2. The molecule has 1 aromatic heterocycles. The maximum Gasteiger partial charge on any atom is 0.196 e. The highest BCUT2D eigenvalue weighted by atomic mass is 32.2. The SMILES string of the molecule is COc1ccc(OCCSc2nnc([C@@H](C)N3CCCCC3)n2-c2ccc(OC)cc2)cc1. The summed E-state index contributed by atoms with van der Waals surface area (Å²) < 4.78 is 18.6. The van der Waals surface area contributed by atoms with Gasteiger partial charge in [0.15, 0.2) is 11.0 Å². The molecule has 1 fully saturated rings. The Kier molecular flexibility index (Phi) is 8.12. The fourth-order valence-electron chi connectivity index (χ4n) is 4.05. The van der Waals surface area contributed by atoms with Crippen LogP contribution in [0.3, 0.4) is 0 Å². The van der Waals surface area contributed by atoms with E-state index in [0.29, 0.717) is 6.61 Å². The molecule has 2 heterocycles. The molecule has 2 aromatic carbocycles. The smallest absolute Gasteiger partial charge is 0.196 e. The molecule has 0 spiro atoms. The van der Waals surface area contributed by atoms with Gasteiger partial charge in [-0.05, 0) is 81.4 Å². The number of aromatic nitrogens is 3. The second-order valence-corrected chi connectivity index (χ2v) is 9.08. The summed E-state index contributed by atoms with van der Waals surface area (Å²) in [6.45, 7) is 5.02. The third kappa shape index (κ3) is 5.81. The Morgan fingerprint density at radius 2 is 1.45 bits per heavy atom. The van der Waals surface area contributed by atoms with Gasteiger partial charge in [0, 0.05) is 11.4 Å². The van der Waals surface area contributed by atoms with E-state index in [1.54, 1.807) is 26.0 Å². The van der Waals surface area contributed by atoms with Crippen molar-refractivity contribution in [1.82, 2.24) is 19.7 Å². The summed E-state index contributed by atoms with van der Waals surface area (Å²) in [7, 11) is 3.34. The van der Waals surface area contributed by atoms with Crippen molar-refractivity contribution >= 4 is 11.8 Å². The number of nitrogens with zero attached hydrogens (tertiary/aromatic N) is 4. The number of thioether (sulfide) groups is 1. The van der Waals surface area contributed by atoms with Crippen molar-refractivity contribution in [2.24, 2.45) is 0 Å². The van der Waals surface area contributed by atoms with Crippen LogP contribution in [-0.4, -0.2) is 59.3 Å². The maximum atomic E-state index is 5.89. The van der Waals surface area contributed by atoms with Gasteiger partial charge < -0.3 is 14.2 Å². The fourth-order valence-corrected chi connectivity index (χ4v) is 4.83.